The highest BCUT2D eigenvalue weighted by Gasteiger charge is 2.33. The molecule has 1 aromatic rings. The Kier molecular flexibility index (Phi) is 9.82. The third-order valence-electron chi connectivity index (χ3n) is 4.36. The summed E-state index contributed by atoms with van der Waals surface area (Å²) in [6.07, 6.45) is 1.03. The molecule has 0 aliphatic heterocycles. The minimum Gasteiger partial charge on any atom is -0.370 e. The van der Waals surface area contributed by atoms with Gasteiger partial charge in [-0.05, 0) is 31.0 Å². The molecule has 0 unspecified atom stereocenters. The fraction of sp³-hybridized carbons (Fsp3) is 0.471. The summed E-state index contributed by atoms with van der Waals surface area (Å²) < 4.78 is 14.0. The van der Waals surface area contributed by atoms with Gasteiger partial charge in [0.2, 0.25) is 11.8 Å². The van der Waals surface area contributed by atoms with Crippen molar-refractivity contribution in [3.05, 3.63) is 29.6 Å². The standard InChI is InChI=1S/C17H25FN4O3.ClH/c1-3-17(4-2,10-19)16(25)22-13-9-11(5-6-12(13)18)15(24)21-8-7-14(20)23;/h5-6,9H,3-4,7-8,10,19H2,1-2H3,(H2,20,23)(H,21,24)(H,22,25);1H. The summed E-state index contributed by atoms with van der Waals surface area (Å²) >= 11 is 0. The molecule has 0 heterocycles. The molecule has 26 heavy (non-hydrogen) atoms. The van der Waals surface area contributed by atoms with Crippen LogP contribution in [0.3, 0.4) is 0 Å². The number of rotatable bonds is 9. The topological polar surface area (TPSA) is 127 Å². The van der Waals surface area contributed by atoms with Gasteiger partial charge in [-0.25, -0.2) is 4.39 Å². The predicted molar refractivity (Wildman–Crippen MR) is 100 cm³/mol. The molecular formula is C17H26ClFN4O3. The van der Waals surface area contributed by atoms with E-state index < -0.39 is 23.0 Å². The SMILES string of the molecule is CCC(CC)(CN)C(=O)Nc1cc(C(=O)NCCC(N)=O)ccc1F.Cl. The lowest BCUT2D eigenvalue weighted by Gasteiger charge is -2.28. The summed E-state index contributed by atoms with van der Waals surface area (Å²) in [6.45, 7) is 3.90. The van der Waals surface area contributed by atoms with Crippen LogP contribution in [0.5, 0.6) is 0 Å². The maximum atomic E-state index is 14.0. The van der Waals surface area contributed by atoms with Crippen LogP contribution in [-0.2, 0) is 9.59 Å². The molecule has 3 amide bonds. The van der Waals surface area contributed by atoms with E-state index in [0.717, 1.165) is 6.07 Å². The van der Waals surface area contributed by atoms with Crippen molar-refractivity contribution in [1.82, 2.24) is 5.32 Å². The van der Waals surface area contributed by atoms with E-state index in [1.807, 2.05) is 13.8 Å². The van der Waals surface area contributed by atoms with E-state index in [1.54, 1.807) is 0 Å². The lowest BCUT2D eigenvalue weighted by atomic mass is 9.81. The van der Waals surface area contributed by atoms with Crippen LogP contribution < -0.4 is 22.1 Å². The van der Waals surface area contributed by atoms with E-state index in [2.05, 4.69) is 10.6 Å². The van der Waals surface area contributed by atoms with Crippen molar-refractivity contribution >= 4 is 35.8 Å². The number of carbonyl (C=O) groups excluding carboxylic acids is 3. The molecule has 0 bridgehead atoms. The maximum Gasteiger partial charge on any atom is 0.251 e. The molecule has 0 fully saturated rings. The molecule has 0 aliphatic carbocycles. The van der Waals surface area contributed by atoms with Gasteiger partial charge in [0.25, 0.3) is 5.91 Å². The van der Waals surface area contributed by atoms with Crippen LogP contribution in [0.4, 0.5) is 10.1 Å². The van der Waals surface area contributed by atoms with Gasteiger partial charge in [0.1, 0.15) is 5.82 Å². The molecule has 0 saturated carbocycles. The van der Waals surface area contributed by atoms with Crippen molar-refractivity contribution in [2.75, 3.05) is 18.4 Å². The number of amides is 3. The van der Waals surface area contributed by atoms with E-state index in [9.17, 15) is 18.8 Å². The van der Waals surface area contributed by atoms with Crippen molar-refractivity contribution in [3.8, 4) is 0 Å². The van der Waals surface area contributed by atoms with Gasteiger partial charge in [-0.2, -0.15) is 0 Å². The zero-order chi connectivity index (χ0) is 19.0. The fourth-order valence-corrected chi connectivity index (χ4v) is 2.37. The molecule has 0 radical (unpaired) electrons. The average molecular weight is 389 g/mol. The number of anilines is 1. The average Bonchev–Trinajstić information content (AvgIpc) is 2.58. The van der Waals surface area contributed by atoms with Crippen molar-refractivity contribution in [2.24, 2.45) is 16.9 Å². The minimum atomic E-state index is -0.786. The zero-order valence-corrected chi connectivity index (χ0v) is 15.7. The summed E-state index contributed by atoms with van der Waals surface area (Å²) in [7, 11) is 0. The molecule has 146 valence electrons. The van der Waals surface area contributed by atoms with Gasteiger partial charge in [0, 0.05) is 25.1 Å². The Morgan fingerprint density at radius 2 is 1.81 bits per heavy atom. The third-order valence-corrected chi connectivity index (χ3v) is 4.36. The molecule has 0 atom stereocenters. The smallest absolute Gasteiger partial charge is 0.251 e. The second kappa shape index (κ2) is 10.7. The van der Waals surface area contributed by atoms with Crippen LogP contribution in [0.2, 0.25) is 0 Å². The number of nitrogens with two attached hydrogens (primary N) is 2. The van der Waals surface area contributed by atoms with Crippen molar-refractivity contribution in [2.45, 2.75) is 33.1 Å². The van der Waals surface area contributed by atoms with Gasteiger partial charge in [0.05, 0.1) is 11.1 Å². The van der Waals surface area contributed by atoms with E-state index in [0.29, 0.717) is 12.8 Å². The van der Waals surface area contributed by atoms with Crippen LogP contribution in [0.1, 0.15) is 43.5 Å². The molecule has 1 rings (SSSR count). The second-order valence-electron chi connectivity index (χ2n) is 5.81. The zero-order valence-electron chi connectivity index (χ0n) is 14.9. The highest BCUT2D eigenvalue weighted by Crippen LogP contribution is 2.28. The first-order valence-corrected chi connectivity index (χ1v) is 8.17. The monoisotopic (exact) mass is 388 g/mol. The number of hydrogen-bond donors (Lipinski definition) is 4. The Hall–Kier alpha value is -2.19. The lowest BCUT2D eigenvalue weighted by molar-refractivity contribution is -0.125. The number of halogens is 2. The summed E-state index contributed by atoms with van der Waals surface area (Å²) in [6, 6.07) is 3.64. The Morgan fingerprint density at radius 1 is 1.19 bits per heavy atom. The highest BCUT2D eigenvalue weighted by atomic mass is 35.5. The van der Waals surface area contributed by atoms with E-state index >= 15 is 0 Å². The molecule has 1 aromatic carbocycles. The van der Waals surface area contributed by atoms with Crippen molar-refractivity contribution in [1.29, 1.82) is 0 Å². The largest absolute Gasteiger partial charge is 0.370 e. The molecular weight excluding hydrogens is 363 g/mol. The molecule has 7 nitrogen and oxygen atoms in total. The molecule has 0 aromatic heterocycles. The molecule has 0 saturated heterocycles. The summed E-state index contributed by atoms with van der Waals surface area (Å²) in [5, 5.41) is 5.02. The Balaban J connectivity index is 0.00000625. The maximum absolute atomic E-state index is 14.0. The first kappa shape index (κ1) is 23.8. The van der Waals surface area contributed by atoms with Gasteiger partial charge in [0.15, 0.2) is 0 Å². The van der Waals surface area contributed by atoms with Gasteiger partial charge in [-0.15, -0.1) is 12.4 Å². The summed E-state index contributed by atoms with van der Waals surface area (Å²) in [5.74, 6) is -2.07. The minimum absolute atomic E-state index is 0. The molecule has 0 aliphatic rings. The highest BCUT2D eigenvalue weighted by molar-refractivity contribution is 5.99. The van der Waals surface area contributed by atoms with E-state index in [4.69, 9.17) is 11.5 Å². The Bertz CT molecular complexity index is 643. The van der Waals surface area contributed by atoms with Crippen LogP contribution in [-0.4, -0.2) is 30.8 Å². The third kappa shape index (κ3) is 5.96. The van der Waals surface area contributed by atoms with Gasteiger partial charge >= 0.3 is 0 Å². The first-order valence-electron chi connectivity index (χ1n) is 8.17. The first-order chi connectivity index (χ1) is 11.8. The Morgan fingerprint density at radius 3 is 2.31 bits per heavy atom. The van der Waals surface area contributed by atoms with Crippen molar-refractivity contribution < 1.29 is 18.8 Å². The summed E-state index contributed by atoms with van der Waals surface area (Å²) in [4.78, 5) is 35.2. The Labute approximate surface area is 158 Å². The summed E-state index contributed by atoms with van der Waals surface area (Å²) in [5.41, 5.74) is 10.0. The van der Waals surface area contributed by atoms with Crippen LogP contribution in [0, 0.1) is 11.2 Å². The van der Waals surface area contributed by atoms with Gasteiger partial charge < -0.3 is 22.1 Å². The fourth-order valence-electron chi connectivity index (χ4n) is 2.37. The van der Waals surface area contributed by atoms with Crippen LogP contribution >= 0.6 is 12.4 Å². The van der Waals surface area contributed by atoms with Crippen LogP contribution in [0.15, 0.2) is 18.2 Å². The lowest BCUT2D eigenvalue weighted by Crippen LogP contribution is -2.41. The molecule has 9 heteroatoms. The number of nitrogens with one attached hydrogen (secondary N) is 2. The number of carbonyl (C=O) groups is 3. The van der Waals surface area contributed by atoms with E-state index in [-0.39, 0.29) is 49.1 Å². The normalized spacial score (nSPS) is 10.6. The quantitative estimate of drug-likeness (QED) is 0.511. The number of benzene rings is 1. The van der Waals surface area contributed by atoms with Crippen LogP contribution in [0.25, 0.3) is 0 Å². The molecule has 6 N–H and O–H groups in total. The molecule has 0 spiro atoms. The van der Waals surface area contributed by atoms with Crippen molar-refractivity contribution in [3.63, 3.8) is 0 Å². The number of primary amides is 1. The number of hydrogen-bond acceptors (Lipinski definition) is 4. The van der Waals surface area contributed by atoms with Gasteiger partial charge in [-0.1, -0.05) is 13.8 Å². The second-order valence-corrected chi connectivity index (χ2v) is 5.81. The predicted octanol–water partition coefficient (Wildman–Crippen LogP) is 1.56. The van der Waals surface area contributed by atoms with E-state index in [1.165, 1.54) is 12.1 Å². The van der Waals surface area contributed by atoms with Gasteiger partial charge in [-0.3, -0.25) is 14.4 Å².